The molecule has 0 saturated carbocycles. The van der Waals surface area contributed by atoms with Crippen LogP contribution >= 0.6 is 0 Å². The SMILES string of the molecule is O=C1CCC2([N+](=O)[O-])CCCCCCCC1=C2O. The molecule has 2 aliphatic carbocycles. The Bertz CT molecular complexity index is 402. The fourth-order valence-electron chi connectivity index (χ4n) is 3.02. The first-order chi connectivity index (χ1) is 8.58. The van der Waals surface area contributed by atoms with Crippen molar-refractivity contribution in [2.75, 3.05) is 0 Å². The summed E-state index contributed by atoms with van der Waals surface area (Å²) in [7, 11) is 0. The highest BCUT2D eigenvalue weighted by molar-refractivity contribution is 5.97. The van der Waals surface area contributed by atoms with Gasteiger partial charge < -0.3 is 5.11 Å². The van der Waals surface area contributed by atoms with Crippen LogP contribution in [0.1, 0.15) is 57.8 Å². The van der Waals surface area contributed by atoms with Crippen LogP contribution in [0.5, 0.6) is 0 Å². The van der Waals surface area contributed by atoms with Crippen molar-refractivity contribution < 1.29 is 14.8 Å². The van der Waals surface area contributed by atoms with Gasteiger partial charge in [-0.15, -0.1) is 0 Å². The Hall–Kier alpha value is -1.39. The lowest BCUT2D eigenvalue weighted by atomic mass is 9.76. The van der Waals surface area contributed by atoms with E-state index in [2.05, 4.69) is 0 Å². The van der Waals surface area contributed by atoms with Crippen LogP contribution in [0, 0.1) is 10.1 Å². The van der Waals surface area contributed by atoms with Gasteiger partial charge in [-0.3, -0.25) is 14.9 Å². The number of aliphatic hydroxyl groups excluding tert-OH is 1. The van der Waals surface area contributed by atoms with Crippen molar-refractivity contribution >= 4 is 5.78 Å². The second-order valence-corrected chi connectivity index (χ2v) is 5.31. The molecule has 100 valence electrons. The van der Waals surface area contributed by atoms with Gasteiger partial charge in [0.05, 0.1) is 0 Å². The van der Waals surface area contributed by atoms with Gasteiger partial charge in [0.1, 0.15) is 0 Å². The molecule has 1 unspecified atom stereocenters. The molecule has 2 bridgehead atoms. The summed E-state index contributed by atoms with van der Waals surface area (Å²) in [5, 5.41) is 21.6. The van der Waals surface area contributed by atoms with Gasteiger partial charge in [-0.1, -0.05) is 19.3 Å². The Kier molecular flexibility index (Phi) is 3.68. The standard InChI is InChI=1S/C13H19NO4/c15-11-7-9-13(14(17)18)8-5-3-1-2-4-6-10(11)12(13)16/h16H,1-9H2. The molecule has 0 saturated heterocycles. The number of allylic oxidation sites excluding steroid dienone is 1. The molecule has 0 fully saturated rings. The van der Waals surface area contributed by atoms with Crippen molar-refractivity contribution in [3.05, 3.63) is 21.4 Å². The number of hydrogen-bond acceptors (Lipinski definition) is 4. The molecule has 1 N–H and O–H groups in total. The highest BCUT2D eigenvalue weighted by Gasteiger charge is 2.51. The quantitative estimate of drug-likeness (QED) is 0.575. The lowest BCUT2D eigenvalue weighted by Gasteiger charge is -2.30. The Morgan fingerprint density at radius 1 is 1.06 bits per heavy atom. The molecule has 0 radical (unpaired) electrons. The number of rotatable bonds is 1. The molecule has 0 aromatic rings. The number of nitrogens with zero attached hydrogens (tertiary/aromatic N) is 1. The molecule has 1 atom stereocenters. The highest BCUT2D eigenvalue weighted by atomic mass is 16.6. The topological polar surface area (TPSA) is 80.4 Å². The first-order valence-corrected chi connectivity index (χ1v) is 6.68. The molecule has 0 aromatic heterocycles. The smallest absolute Gasteiger partial charge is 0.278 e. The zero-order chi connectivity index (χ0) is 13.2. The van der Waals surface area contributed by atoms with Crippen LogP contribution in [-0.2, 0) is 4.79 Å². The predicted molar refractivity (Wildman–Crippen MR) is 65.9 cm³/mol. The molecule has 0 aliphatic heterocycles. The molecule has 5 heteroatoms. The molecule has 0 spiro atoms. The lowest BCUT2D eigenvalue weighted by Crippen LogP contribution is -2.45. The summed E-state index contributed by atoms with van der Waals surface area (Å²) in [5.74, 6) is -0.351. The van der Waals surface area contributed by atoms with Gasteiger partial charge >= 0.3 is 0 Å². The number of carbonyl (C=O) groups excluding carboxylic acids is 1. The molecule has 0 heterocycles. The van der Waals surface area contributed by atoms with Gasteiger partial charge in [0.2, 0.25) is 0 Å². The van der Waals surface area contributed by atoms with E-state index in [0.717, 1.165) is 32.1 Å². The van der Waals surface area contributed by atoms with Crippen LogP contribution in [0.4, 0.5) is 0 Å². The normalized spacial score (nSPS) is 30.1. The molecule has 18 heavy (non-hydrogen) atoms. The summed E-state index contributed by atoms with van der Waals surface area (Å²) in [6.07, 6.45) is 5.79. The first kappa shape index (κ1) is 13.1. The number of aliphatic hydroxyl groups is 1. The van der Waals surface area contributed by atoms with E-state index in [-0.39, 0.29) is 29.3 Å². The summed E-state index contributed by atoms with van der Waals surface area (Å²) in [6, 6.07) is 0. The molecular formula is C13H19NO4. The molecule has 0 aromatic carbocycles. The van der Waals surface area contributed by atoms with Gasteiger partial charge in [0, 0.05) is 29.8 Å². The second-order valence-electron chi connectivity index (χ2n) is 5.31. The number of Topliss-reactive ketones (excluding diaryl/α,β-unsaturated/α-hetero) is 1. The summed E-state index contributed by atoms with van der Waals surface area (Å²) >= 11 is 0. The number of ketones is 1. The maximum Gasteiger partial charge on any atom is 0.278 e. The minimum atomic E-state index is -1.39. The Morgan fingerprint density at radius 2 is 1.72 bits per heavy atom. The van der Waals surface area contributed by atoms with Gasteiger partial charge in [-0.2, -0.15) is 0 Å². The third-order valence-electron chi connectivity index (χ3n) is 4.20. The highest BCUT2D eigenvalue weighted by Crippen LogP contribution is 2.39. The average molecular weight is 253 g/mol. The summed E-state index contributed by atoms with van der Waals surface area (Å²) in [4.78, 5) is 22.8. The zero-order valence-corrected chi connectivity index (χ0v) is 10.5. The van der Waals surface area contributed by atoms with Crippen LogP contribution in [0.3, 0.4) is 0 Å². The van der Waals surface area contributed by atoms with E-state index in [1.165, 1.54) is 0 Å². The Balaban J connectivity index is 2.43. The van der Waals surface area contributed by atoms with E-state index < -0.39 is 5.54 Å². The maximum absolute atomic E-state index is 11.8. The average Bonchev–Trinajstić information content (AvgIpc) is 2.33. The molecule has 5 nitrogen and oxygen atoms in total. The monoisotopic (exact) mass is 253 g/mol. The third kappa shape index (κ3) is 2.13. The van der Waals surface area contributed by atoms with Crippen molar-refractivity contribution in [3.63, 3.8) is 0 Å². The summed E-state index contributed by atoms with van der Waals surface area (Å²) in [5.41, 5.74) is -1.07. The minimum absolute atomic E-state index is 0.106. The van der Waals surface area contributed by atoms with Gasteiger partial charge in [-0.25, -0.2) is 0 Å². The van der Waals surface area contributed by atoms with E-state index in [1.54, 1.807) is 0 Å². The van der Waals surface area contributed by atoms with Gasteiger partial charge in [-0.05, 0) is 19.3 Å². The summed E-state index contributed by atoms with van der Waals surface area (Å²) < 4.78 is 0. The van der Waals surface area contributed by atoms with Gasteiger partial charge in [0.15, 0.2) is 11.5 Å². The van der Waals surface area contributed by atoms with E-state index in [4.69, 9.17) is 0 Å². The number of nitro groups is 1. The predicted octanol–water partition coefficient (Wildman–Crippen LogP) is 2.92. The number of fused-ring (bicyclic) bond motifs is 1. The van der Waals surface area contributed by atoms with Crippen molar-refractivity contribution in [1.82, 2.24) is 0 Å². The second kappa shape index (κ2) is 5.08. The fraction of sp³-hybridized carbons (Fsp3) is 0.769. The van der Waals surface area contributed by atoms with Crippen LogP contribution in [0.2, 0.25) is 0 Å². The van der Waals surface area contributed by atoms with Crippen LogP contribution < -0.4 is 0 Å². The molecule has 2 aliphatic rings. The van der Waals surface area contributed by atoms with Crippen LogP contribution in [0.25, 0.3) is 0 Å². The van der Waals surface area contributed by atoms with Crippen molar-refractivity contribution in [2.24, 2.45) is 0 Å². The lowest BCUT2D eigenvalue weighted by molar-refractivity contribution is -0.566. The third-order valence-corrected chi connectivity index (χ3v) is 4.20. The van der Waals surface area contributed by atoms with E-state index in [9.17, 15) is 20.0 Å². The van der Waals surface area contributed by atoms with Crippen LogP contribution in [-0.4, -0.2) is 21.4 Å². The van der Waals surface area contributed by atoms with Crippen molar-refractivity contribution in [3.8, 4) is 0 Å². The molecular weight excluding hydrogens is 234 g/mol. The maximum atomic E-state index is 11.8. The van der Waals surface area contributed by atoms with Gasteiger partial charge in [0.25, 0.3) is 5.54 Å². The fourth-order valence-corrected chi connectivity index (χ4v) is 3.02. The Labute approximate surface area is 106 Å². The minimum Gasteiger partial charge on any atom is -0.505 e. The molecule has 0 amide bonds. The van der Waals surface area contributed by atoms with E-state index >= 15 is 0 Å². The zero-order valence-electron chi connectivity index (χ0n) is 10.5. The first-order valence-electron chi connectivity index (χ1n) is 6.68. The summed E-state index contributed by atoms with van der Waals surface area (Å²) in [6.45, 7) is 0. The molecule has 2 rings (SSSR count). The van der Waals surface area contributed by atoms with Crippen LogP contribution in [0.15, 0.2) is 11.3 Å². The van der Waals surface area contributed by atoms with Crippen molar-refractivity contribution in [1.29, 1.82) is 0 Å². The van der Waals surface area contributed by atoms with Crippen molar-refractivity contribution in [2.45, 2.75) is 63.3 Å². The van der Waals surface area contributed by atoms with E-state index in [0.29, 0.717) is 18.4 Å². The largest absolute Gasteiger partial charge is 0.505 e. The Morgan fingerprint density at radius 3 is 2.44 bits per heavy atom. The number of hydrogen-bond donors (Lipinski definition) is 1. The number of carbonyl (C=O) groups is 1. The van der Waals surface area contributed by atoms with E-state index in [1.807, 2.05) is 0 Å².